The lowest BCUT2D eigenvalue weighted by Crippen LogP contribution is -2.14. The zero-order valence-electron chi connectivity index (χ0n) is 14.2. The Morgan fingerprint density at radius 3 is 2.61 bits per heavy atom. The van der Waals surface area contributed by atoms with E-state index >= 15 is 0 Å². The van der Waals surface area contributed by atoms with Gasteiger partial charge in [-0.1, -0.05) is 53.8 Å². The van der Waals surface area contributed by atoms with Crippen molar-refractivity contribution in [2.24, 2.45) is 0 Å². The van der Waals surface area contributed by atoms with Crippen LogP contribution in [0.5, 0.6) is 0 Å². The number of benzene rings is 3. The molecule has 0 saturated carbocycles. The first kappa shape index (κ1) is 16.9. The highest BCUT2D eigenvalue weighted by molar-refractivity contribution is 7.93. The first-order valence-electron chi connectivity index (χ1n) is 8.35. The van der Waals surface area contributed by atoms with Crippen molar-refractivity contribution in [3.8, 4) is 0 Å². The van der Waals surface area contributed by atoms with Gasteiger partial charge in [0.1, 0.15) is 4.90 Å². The van der Waals surface area contributed by atoms with E-state index in [-0.39, 0.29) is 4.90 Å². The van der Waals surface area contributed by atoms with Crippen LogP contribution in [-0.4, -0.2) is 13.4 Å². The topological polar surface area (TPSA) is 89.3 Å². The standard InChI is InChI=1S/C20H12N2O4S2/c23-20-26-19-14-8-2-1-7-13(14)15(11-16(19)27-20)22-28(24,25)17-9-3-5-12-6-4-10-21-18(12)17/h1-11,22H. The van der Waals surface area contributed by atoms with Crippen LogP contribution in [0.25, 0.3) is 32.0 Å². The maximum atomic E-state index is 13.2. The van der Waals surface area contributed by atoms with Crippen LogP contribution in [0.15, 0.2) is 81.0 Å². The van der Waals surface area contributed by atoms with Crippen LogP contribution in [0, 0.1) is 0 Å². The van der Waals surface area contributed by atoms with Crippen LogP contribution in [0.1, 0.15) is 0 Å². The van der Waals surface area contributed by atoms with Gasteiger partial charge in [0.05, 0.1) is 15.9 Å². The van der Waals surface area contributed by atoms with E-state index in [1.165, 1.54) is 6.07 Å². The average Bonchev–Trinajstić information content (AvgIpc) is 3.08. The molecule has 0 amide bonds. The molecule has 138 valence electrons. The van der Waals surface area contributed by atoms with E-state index in [1.54, 1.807) is 42.6 Å². The zero-order valence-corrected chi connectivity index (χ0v) is 15.9. The van der Waals surface area contributed by atoms with Gasteiger partial charge in [-0.2, -0.15) is 0 Å². The van der Waals surface area contributed by atoms with Crippen molar-refractivity contribution in [1.82, 2.24) is 4.98 Å². The predicted molar refractivity (Wildman–Crippen MR) is 110 cm³/mol. The van der Waals surface area contributed by atoms with E-state index in [0.717, 1.165) is 16.7 Å². The maximum Gasteiger partial charge on any atom is 0.396 e. The lowest BCUT2D eigenvalue weighted by Gasteiger charge is -2.12. The van der Waals surface area contributed by atoms with Gasteiger partial charge < -0.3 is 4.42 Å². The molecule has 0 unspecified atom stereocenters. The number of nitrogens with zero attached hydrogens (tertiary/aromatic N) is 1. The SMILES string of the molecule is O=c1oc2c(cc(NS(=O)(=O)c3cccc4cccnc34)c3ccccc32)s1. The fourth-order valence-electron chi connectivity index (χ4n) is 3.28. The molecule has 0 aliphatic carbocycles. The van der Waals surface area contributed by atoms with Crippen LogP contribution in [0.4, 0.5) is 5.69 Å². The van der Waals surface area contributed by atoms with Crippen molar-refractivity contribution >= 4 is 59.0 Å². The number of aromatic nitrogens is 1. The Bertz CT molecular complexity index is 1530. The van der Waals surface area contributed by atoms with Gasteiger partial charge in [0, 0.05) is 22.4 Å². The lowest BCUT2D eigenvalue weighted by atomic mass is 10.1. The Labute approximate surface area is 163 Å². The Morgan fingerprint density at radius 2 is 1.75 bits per heavy atom. The van der Waals surface area contributed by atoms with Crippen molar-refractivity contribution in [2.45, 2.75) is 4.90 Å². The normalized spacial score (nSPS) is 12.0. The van der Waals surface area contributed by atoms with Gasteiger partial charge in [-0.15, -0.1) is 0 Å². The number of pyridine rings is 1. The molecule has 2 aromatic heterocycles. The Morgan fingerprint density at radius 1 is 0.964 bits per heavy atom. The van der Waals surface area contributed by atoms with Crippen LogP contribution in [-0.2, 0) is 10.0 Å². The van der Waals surface area contributed by atoms with E-state index in [0.29, 0.717) is 32.3 Å². The molecule has 0 saturated heterocycles. The second-order valence-electron chi connectivity index (χ2n) is 6.19. The van der Waals surface area contributed by atoms with Crippen LogP contribution >= 0.6 is 11.3 Å². The summed E-state index contributed by atoms with van der Waals surface area (Å²) < 4.78 is 34.9. The minimum Gasteiger partial charge on any atom is -0.413 e. The lowest BCUT2D eigenvalue weighted by molar-refractivity contribution is 0.588. The molecule has 0 spiro atoms. The minimum atomic E-state index is -3.91. The molecule has 0 aliphatic heterocycles. The molecule has 0 radical (unpaired) electrons. The molecule has 6 nitrogen and oxygen atoms in total. The van der Waals surface area contributed by atoms with Crippen molar-refractivity contribution in [3.05, 3.63) is 76.6 Å². The number of nitrogens with one attached hydrogen (secondary N) is 1. The largest absolute Gasteiger partial charge is 0.413 e. The number of hydrogen-bond acceptors (Lipinski definition) is 6. The molecular formula is C20H12N2O4S2. The molecule has 0 atom stereocenters. The molecular weight excluding hydrogens is 396 g/mol. The summed E-state index contributed by atoms with van der Waals surface area (Å²) in [6.07, 6.45) is 1.56. The number of sulfonamides is 1. The molecule has 2 heterocycles. The van der Waals surface area contributed by atoms with E-state index in [1.807, 2.05) is 18.2 Å². The number of rotatable bonds is 3. The average molecular weight is 408 g/mol. The fraction of sp³-hybridized carbons (Fsp3) is 0. The highest BCUT2D eigenvalue weighted by atomic mass is 32.2. The predicted octanol–water partition coefficient (Wildman–Crippen LogP) is 4.36. The third-order valence-electron chi connectivity index (χ3n) is 4.47. The summed E-state index contributed by atoms with van der Waals surface area (Å²) in [5.74, 6) is 0. The third-order valence-corrected chi connectivity index (χ3v) is 6.64. The zero-order chi connectivity index (χ0) is 19.3. The molecule has 0 fully saturated rings. The fourth-order valence-corrected chi connectivity index (χ4v) is 5.25. The number of fused-ring (bicyclic) bond motifs is 4. The van der Waals surface area contributed by atoms with Gasteiger partial charge in [0.15, 0.2) is 5.58 Å². The summed E-state index contributed by atoms with van der Waals surface area (Å²) in [6, 6.07) is 17.4. The van der Waals surface area contributed by atoms with Crippen LogP contribution in [0.3, 0.4) is 0 Å². The monoisotopic (exact) mass is 408 g/mol. The van der Waals surface area contributed by atoms with E-state index in [9.17, 15) is 13.2 Å². The van der Waals surface area contributed by atoms with Gasteiger partial charge in [-0.3, -0.25) is 9.71 Å². The summed E-state index contributed by atoms with van der Waals surface area (Å²) in [4.78, 5) is 15.6. The van der Waals surface area contributed by atoms with Crippen molar-refractivity contribution in [2.75, 3.05) is 4.72 Å². The molecule has 3 aromatic carbocycles. The van der Waals surface area contributed by atoms with Gasteiger partial charge in [0.2, 0.25) is 0 Å². The molecule has 5 rings (SSSR count). The van der Waals surface area contributed by atoms with E-state index in [4.69, 9.17) is 4.42 Å². The number of para-hydroxylation sites is 1. The van der Waals surface area contributed by atoms with Gasteiger partial charge in [0.25, 0.3) is 10.0 Å². The summed E-state index contributed by atoms with van der Waals surface area (Å²) in [7, 11) is -3.91. The molecule has 5 aromatic rings. The molecule has 8 heteroatoms. The van der Waals surface area contributed by atoms with Gasteiger partial charge in [-0.25, -0.2) is 13.2 Å². The number of hydrogen-bond donors (Lipinski definition) is 1. The molecule has 0 aliphatic rings. The highest BCUT2D eigenvalue weighted by Crippen LogP contribution is 2.34. The molecule has 28 heavy (non-hydrogen) atoms. The highest BCUT2D eigenvalue weighted by Gasteiger charge is 2.21. The Kier molecular flexibility index (Phi) is 3.71. The van der Waals surface area contributed by atoms with E-state index in [2.05, 4.69) is 9.71 Å². The maximum absolute atomic E-state index is 13.2. The quantitative estimate of drug-likeness (QED) is 0.479. The molecule has 0 bridgehead atoms. The van der Waals surface area contributed by atoms with Crippen LogP contribution in [0.2, 0.25) is 0 Å². The van der Waals surface area contributed by atoms with Crippen molar-refractivity contribution < 1.29 is 12.8 Å². The number of anilines is 1. The second-order valence-corrected chi connectivity index (χ2v) is 8.82. The Balaban J connectivity index is 1.73. The summed E-state index contributed by atoms with van der Waals surface area (Å²) in [6.45, 7) is 0. The third kappa shape index (κ3) is 2.65. The van der Waals surface area contributed by atoms with Gasteiger partial charge in [-0.05, 0) is 18.2 Å². The van der Waals surface area contributed by atoms with Gasteiger partial charge >= 0.3 is 4.94 Å². The summed E-state index contributed by atoms with van der Waals surface area (Å²) in [5, 5.41) is 2.05. The van der Waals surface area contributed by atoms with Crippen LogP contribution < -0.4 is 9.66 Å². The van der Waals surface area contributed by atoms with Crippen molar-refractivity contribution in [3.63, 3.8) is 0 Å². The second kappa shape index (κ2) is 6.15. The van der Waals surface area contributed by atoms with Crippen molar-refractivity contribution in [1.29, 1.82) is 0 Å². The summed E-state index contributed by atoms with van der Waals surface area (Å²) >= 11 is 0.936. The van der Waals surface area contributed by atoms with E-state index < -0.39 is 15.0 Å². The first-order valence-corrected chi connectivity index (χ1v) is 10.6. The Hall–Kier alpha value is -3.23. The molecule has 1 N–H and O–H groups in total. The first-order chi connectivity index (χ1) is 13.5. The summed E-state index contributed by atoms with van der Waals surface area (Å²) in [5.41, 5.74) is 1.24. The minimum absolute atomic E-state index is 0.0927. The smallest absolute Gasteiger partial charge is 0.396 e.